The summed E-state index contributed by atoms with van der Waals surface area (Å²) in [5, 5.41) is 9.79. The third-order valence-electron chi connectivity index (χ3n) is 3.14. The number of methoxy groups -OCH3 is 1. The highest BCUT2D eigenvalue weighted by molar-refractivity contribution is 9.10. The van der Waals surface area contributed by atoms with Gasteiger partial charge in [-0.25, -0.2) is 0 Å². The van der Waals surface area contributed by atoms with Crippen molar-refractivity contribution in [2.45, 2.75) is 19.3 Å². The van der Waals surface area contributed by atoms with Gasteiger partial charge >= 0.3 is 0 Å². The smallest absolute Gasteiger partial charge is 0.172 e. The lowest BCUT2D eigenvalue weighted by Crippen LogP contribution is -2.34. The Kier molecular flexibility index (Phi) is 4.45. The number of likely N-dealkylation sites (tertiary alicyclic amines) is 1. The van der Waals surface area contributed by atoms with E-state index in [4.69, 9.17) is 17.0 Å². The molecular weight excluding hydrogens is 314 g/mol. The molecule has 0 aliphatic carbocycles. The maximum Gasteiger partial charge on any atom is 0.172 e. The van der Waals surface area contributed by atoms with Crippen LogP contribution in [0.15, 0.2) is 16.6 Å². The van der Waals surface area contributed by atoms with E-state index in [2.05, 4.69) is 20.8 Å². The lowest BCUT2D eigenvalue weighted by atomic mass is 10.1. The molecule has 1 aromatic carbocycles. The zero-order valence-electron chi connectivity index (χ0n) is 10.3. The first-order valence-electron chi connectivity index (χ1n) is 5.99. The van der Waals surface area contributed by atoms with Gasteiger partial charge in [0.2, 0.25) is 0 Å². The van der Waals surface area contributed by atoms with Crippen molar-refractivity contribution >= 4 is 33.1 Å². The average molecular weight is 330 g/mol. The third-order valence-corrected chi connectivity index (χ3v) is 4.24. The van der Waals surface area contributed by atoms with Crippen LogP contribution in [-0.2, 0) is 0 Å². The van der Waals surface area contributed by atoms with Crippen LogP contribution >= 0.6 is 28.1 Å². The fourth-order valence-electron chi connectivity index (χ4n) is 2.13. The standard InChI is InChI=1S/C13H16BrNO2S/c1-17-11-8-9(7-10(14)12(11)16)13(18)15-5-3-2-4-6-15/h7-8,16H,2-6H2,1H3. The van der Waals surface area contributed by atoms with E-state index in [0.29, 0.717) is 10.2 Å². The van der Waals surface area contributed by atoms with Crippen LogP contribution in [0.5, 0.6) is 11.5 Å². The lowest BCUT2D eigenvalue weighted by molar-refractivity contribution is 0.347. The largest absolute Gasteiger partial charge is 0.503 e. The molecule has 1 saturated heterocycles. The molecule has 5 heteroatoms. The van der Waals surface area contributed by atoms with Gasteiger partial charge in [-0.2, -0.15) is 0 Å². The van der Waals surface area contributed by atoms with Crippen LogP contribution in [-0.4, -0.2) is 35.2 Å². The number of ether oxygens (including phenoxy) is 1. The van der Waals surface area contributed by atoms with Gasteiger partial charge in [0.25, 0.3) is 0 Å². The van der Waals surface area contributed by atoms with Crippen molar-refractivity contribution in [3.63, 3.8) is 0 Å². The summed E-state index contributed by atoms with van der Waals surface area (Å²) in [4.78, 5) is 3.05. The van der Waals surface area contributed by atoms with Crippen molar-refractivity contribution in [2.75, 3.05) is 20.2 Å². The van der Waals surface area contributed by atoms with Crippen molar-refractivity contribution in [1.82, 2.24) is 4.90 Å². The number of halogens is 1. The second kappa shape index (κ2) is 5.89. The zero-order valence-corrected chi connectivity index (χ0v) is 12.7. The van der Waals surface area contributed by atoms with Crippen LogP contribution in [0.4, 0.5) is 0 Å². The molecule has 2 rings (SSSR count). The Morgan fingerprint density at radius 3 is 2.61 bits per heavy atom. The molecule has 3 nitrogen and oxygen atoms in total. The third kappa shape index (κ3) is 2.78. The molecule has 1 fully saturated rings. The Morgan fingerprint density at radius 2 is 2.00 bits per heavy atom. The van der Waals surface area contributed by atoms with E-state index in [1.807, 2.05) is 6.07 Å². The van der Waals surface area contributed by atoms with Crippen LogP contribution in [0.3, 0.4) is 0 Å². The summed E-state index contributed by atoms with van der Waals surface area (Å²) in [5.74, 6) is 0.557. The van der Waals surface area contributed by atoms with Crippen LogP contribution in [0.25, 0.3) is 0 Å². The number of benzene rings is 1. The Balaban J connectivity index is 2.27. The van der Waals surface area contributed by atoms with Crippen LogP contribution < -0.4 is 4.74 Å². The monoisotopic (exact) mass is 329 g/mol. The van der Waals surface area contributed by atoms with E-state index in [1.165, 1.54) is 26.4 Å². The lowest BCUT2D eigenvalue weighted by Gasteiger charge is -2.29. The average Bonchev–Trinajstić information content (AvgIpc) is 2.42. The van der Waals surface area contributed by atoms with Gasteiger partial charge < -0.3 is 14.7 Å². The fraction of sp³-hybridized carbons (Fsp3) is 0.462. The summed E-state index contributed by atoms with van der Waals surface area (Å²) >= 11 is 8.84. The Morgan fingerprint density at radius 1 is 1.33 bits per heavy atom. The minimum Gasteiger partial charge on any atom is -0.503 e. The molecule has 0 radical (unpaired) electrons. The number of phenolic OH excluding ortho intramolecular Hbond substituents is 1. The van der Waals surface area contributed by atoms with Crippen molar-refractivity contribution in [1.29, 1.82) is 0 Å². The Labute approximate surface area is 121 Å². The van der Waals surface area contributed by atoms with Crippen molar-refractivity contribution < 1.29 is 9.84 Å². The fourth-order valence-corrected chi connectivity index (χ4v) is 2.87. The normalized spacial score (nSPS) is 15.6. The minimum absolute atomic E-state index is 0.114. The molecule has 1 aliphatic rings. The quantitative estimate of drug-likeness (QED) is 0.843. The van der Waals surface area contributed by atoms with E-state index in [-0.39, 0.29) is 5.75 Å². The number of phenols is 1. The highest BCUT2D eigenvalue weighted by Crippen LogP contribution is 2.35. The summed E-state index contributed by atoms with van der Waals surface area (Å²) in [7, 11) is 1.54. The van der Waals surface area contributed by atoms with Gasteiger partial charge in [0.15, 0.2) is 11.5 Å². The van der Waals surface area contributed by atoms with Gasteiger partial charge in [-0.1, -0.05) is 12.2 Å². The molecule has 1 aromatic rings. The number of hydrogen-bond donors (Lipinski definition) is 1. The van der Waals surface area contributed by atoms with Gasteiger partial charge in [-0.15, -0.1) is 0 Å². The highest BCUT2D eigenvalue weighted by Gasteiger charge is 2.17. The summed E-state index contributed by atoms with van der Waals surface area (Å²) in [6, 6.07) is 3.63. The summed E-state index contributed by atoms with van der Waals surface area (Å²) in [6.07, 6.45) is 3.66. The Bertz CT molecular complexity index is 459. The van der Waals surface area contributed by atoms with Crippen molar-refractivity contribution in [3.05, 3.63) is 22.2 Å². The molecule has 1 heterocycles. The van der Waals surface area contributed by atoms with Gasteiger partial charge in [-0.05, 0) is 47.3 Å². The van der Waals surface area contributed by atoms with E-state index >= 15 is 0 Å². The molecule has 0 unspecified atom stereocenters. The molecule has 18 heavy (non-hydrogen) atoms. The van der Waals surface area contributed by atoms with Crippen LogP contribution in [0.2, 0.25) is 0 Å². The molecule has 0 atom stereocenters. The van der Waals surface area contributed by atoms with Gasteiger partial charge in [-0.3, -0.25) is 0 Å². The number of hydrogen-bond acceptors (Lipinski definition) is 3. The SMILES string of the molecule is COc1cc(C(=S)N2CCCCC2)cc(Br)c1O. The second-order valence-corrected chi connectivity index (χ2v) is 5.60. The van der Waals surface area contributed by atoms with Gasteiger partial charge in [0.1, 0.15) is 4.99 Å². The molecular formula is C13H16BrNO2S. The molecule has 0 spiro atoms. The number of thiocarbonyl (C=S) groups is 1. The Hall–Kier alpha value is -0.810. The first-order chi connectivity index (χ1) is 8.63. The van der Waals surface area contributed by atoms with E-state index in [1.54, 1.807) is 6.07 Å². The second-order valence-electron chi connectivity index (χ2n) is 4.36. The van der Waals surface area contributed by atoms with Crippen molar-refractivity contribution in [2.24, 2.45) is 0 Å². The molecule has 0 aromatic heterocycles. The molecule has 1 N–H and O–H groups in total. The van der Waals surface area contributed by atoms with Crippen molar-refractivity contribution in [3.8, 4) is 11.5 Å². The predicted octanol–water partition coefficient (Wildman–Crippen LogP) is 3.32. The van der Waals surface area contributed by atoms with Crippen LogP contribution in [0.1, 0.15) is 24.8 Å². The first kappa shape index (κ1) is 13.6. The summed E-state index contributed by atoms with van der Waals surface area (Å²) in [5.41, 5.74) is 0.911. The number of piperidine rings is 1. The first-order valence-corrected chi connectivity index (χ1v) is 7.19. The molecule has 0 saturated carbocycles. The maximum absolute atomic E-state index is 9.79. The number of nitrogens with zero attached hydrogens (tertiary/aromatic N) is 1. The number of aromatic hydroxyl groups is 1. The predicted molar refractivity (Wildman–Crippen MR) is 79.5 cm³/mol. The zero-order chi connectivity index (χ0) is 13.1. The summed E-state index contributed by atoms with van der Waals surface area (Å²) < 4.78 is 5.75. The maximum atomic E-state index is 9.79. The van der Waals surface area contributed by atoms with Gasteiger partial charge in [0, 0.05) is 18.7 Å². The van der Waals surface area contributed by atoms with E-state index in [9.17, 15) is 5.11 Å². The van der Waals surface area contributed by atoms with E-state index < -0.39 is 0 Å². The molecule has 0 bridgehead atoms. The van der Waals surface area contributed by atoms with Gasteiger partial charge in [0.05, 0.1) is 11.6 Å². The minimum atomic E-state index is 0.114. The topological polar surface area (TPSA) is 32.7 Å². The summed E-state index contributed by atoms with van der Waals surface area (Å²) in [6.45, 7) is 2.03. The number of rotatable bonds is 2. The molecule has 1 aliphatic heterocycles. The van der Waals surface area contributed by atoms with Crippen LogP contribution in [0, 0.1) is 0 Å². The highest BCUT2D eigenvalue weighted by atomic mass is 79.9. The van der Waals surface area contributed by atoms with E-state index in [0.717, 1.165) is 23.6 Å². The molecule has 0 amide bonds. The molecule has 98 valence electrons.